The van der Waals surface area contributed by atoms with Gasteiger partial charge in [0, 0.05) is 18.3 Å². The van der Waals surface area contributed by atoms with E-state index in [-0.39, 0.29) is 18.6 Å². The SMILES string of the molecule is CC1C(=O)CCC2(O)C(=O)NC(C(O)c3ccccc3)C12. The van der Waals surface area contributed by atoms with Gasteiger partial charge < -0.3 is 15.5 Å². The van der Waals surface area contributed by atoms with Gasteiger partial charge in [-0.2, -0.15) is 0 Å². The van der Waals surface area contributed by atoms with Gasteiger partial charge in [-0.05, 0) is 12.0 Å². The number of rotatable bonds is 2. The molecule has 5 heteroatoms. The molecular weight excluding hydrogens is 270 g/mol. The van der Waals surface area contributed by atoms with E-state index in [1.54, 1.807) is 31.2 Å². The molecule has 5 nitrogen and oxygen atoms in total. The normalized spacial score (nSPS) is 37.0. The number of aliphatic hydroxyl groups is 2. The van der Waals surface area contributed by atoms with Crippen LogP contribution in [0.1, 0.15) is 31.4 Å². The molecule has 0 bridgehead atoms. The van der Waals surface area contributed by atoms with Crippen molar-refractivity contribution in [3.8, 4) is 0 Å². The van der Waals surface area contributed by atoms with Crippen molar-refractivity contribution in [1.29, 1.82) is 0 Å². The van der Waals surface area contributed by atoms with Crippen molar-refractivity contribution in [2.45, 2.75) is 37.5 Å². The molecule has 21 heavy (non-hydrogen) atoms. The molecule has 2 aliphatic rings. The summed E-state index contributed by atoms with van der Waals surface area (Å²) in [6, 6.07) is 8.33. The molecule has 1 aliphatic heterocycles. The number of amides is 1. The Morgan fingerprint density at radius 2 is 1.95 bits per heavy atom. The Labute approximate surface area is 123 Å². The van der Waals surface area contributed by atoms with Crippen molar-refractivity contribution < 1.29 is 19.8 Å². The van der Waals surface area contributed by atoms with Gasteiger partial charge in [0.15, 0.2) is 0 Å². The summed E-state index contributed by atoms with van der Waals surface area (Å²) in [6.07, 6.45) is -0.608. The van der Waals surface area contributed by atoms with Crippen molar-refractivity contribution >= 4 is 11.7 Å². The Hall–Kier alpha value is -1.72. The third kappa shape index (κ3) is 2.08. The first-order valence-electron chi connectivity index (χ1n) is 7.24. The predicted octanol–water partition coefficient (Wildman–Crippen LogP) is 0.565. The van der Waals surface area contributed by atoms with Crippen LogP contribution in [0.4, 0.5) is 0 Å². The summed E-state index contributed by atoms with van der Waals surface area (Å²) in [6.45, 7) is 1.72. The summed E-state index contributed by atoms with van der Waals surface area (Å²) in [7, 11) is 0. The zero-order chi connectivity index (χ0) is 15.2. The molecule has 2 fully saturated rings. The summed E-state index contributed by atoms with van der Waals surface area (Å²) >= 11 is 0. The quantitative estimate of drug-likeness (QED) is 0.742. The van der Waals surface area contributed by atoms with Gasteiger partial charge in [0.25, 0.3) is 5.91 Å². The largest absolute Gasteiger partial charge is 0.386 e. The highest BCUT2D eigenvalue weighted by Gasteiger charge is 2.60. The van der Waals surface area contributed by atoms with Gasteiger partial charge in [-0.25, -0.2) is 0 Å². The Morgan fingerprint density at radius 3 is 2.62 bits per heavy atom. The third-order valence-corrected chi connectivity index (χ3v) is 4.91. The molecule has 5 unspecified atom stereocenters. The number of carbonyl (C=O) groups excluding carboxylic acids is 2. The van der Waals surface area contributed by atoms with Gasteiger partial charge in [0.05, 0.1) is 12.1 Å². The standard InChI is InChI=1S/C16H19NO4/c1-9-11(18)7-8-16(21)12(9)13(17-15(16)20)14(19)10-5-3-2-4-6-10/h2-6,9,12-14,19,21H,7-8H2,1H3,(H,17,20). The highest BCUT2D eigenvalue weighted by molar-refractivity contribution is 5.93. The van der Waals surface area contributed by atoms with E-state index in [4.69, 9.17) is 0 Å². The van der Waals surface area contributed by atoms with E-state index in [2.05, 4.69) is 5.32 Å². The fourth-order valence-corrected chi connectivity index (χ4v) is 3.69. The molecule has 1 amide bonds. The smallest absolute Gasteiger partial charge is 0.252 e. The van der Waals surface area contributed by atoms with Gasteiger partial charge in [0.2, 0.25) is 0 Å². The number of Topliss-reactive ketones (excluding diaryl/α,β-unsaturated/α-hetero) is 1. The highest BCUT2D eigenvalue weighted by Crippen LogP contribution is 2.45. The van der Waals surface area contributed by atoms with Crippen LogP contribution in [0, 0.1) is 11.8 Å². The first-order chi connectivity index (χ1) is 9.95. The average Bonchev–Trinajstić information content (AvgIpc) is 2.76. The van der Waals surface area contributed by atoms with Crippen molar-refractivity contribution in [3.05, 3.63) is 35.9 Å². The summed E-state index contributed by atoms with van der Waals surface area (Å²) in [4.78, 5) is 24.1. The van der Waals surface area contributed by atoms with Crippen LogP contribution < -0.4 is 5.32 Å². The summed E-state index contributed by atoms with van der Waals surface area (Å²) in [5.74, 6) is -1.49. The van der Waals surface area contributed by atoms with E-state index in [1.165, 1.54) is 0 Å². The predicted molar refractivity (Wildman–Crippen MR) is 75.2 cm³/mol. The maximum absolute atomic E-state index is 12.1. The van der Waals surface area contributed by atoms with E-state index in [0.29, 0.717) is 5.56 Å². The van der Waals surface area contributed by atoms with Crippen LogP contribution in [0.2, 0.25) is 0 Å². The topological polar surface area (TPSA) is 86.6 Å². The molecule has 0 aromatic heterocycles. The zero-order valence-electron chi connectivity index (χ0n) is 11.8. The van der Waals surface area contributed by atoms with E-state index in [1.807, 2.05) is 6.07 Å². The number of hydrogen-bond donors (Lipinski definition) is 3. The number of fused-ring (bicyclic) bond motifs is 1. The molecule has 0 radical (unpaired) electrons. The van der Waals surface area contributed by atoms with Crippen LogP contribution in [0.25, 0.3) is 0 Å². The molecule has 1 aliphatic carbocycles. The van der Waals surface area contributed by atoms with Crippen LogP contribution in [-0.4, -0.2) is 33.5 Å². The minimum absolute atomic E-state index is 0.0337. The van der Waals surface area contributed by atoms with E-state index >= 15 is 0 Å². The third-order valence-electron chi connectivity index (χ3n) is 4.91. The maximum Gasteiger partial charge on any atom is 0.252 e. The number of ketones is 1. The zero-order valence-corrected chi connectivity index (χ0v) is 11.8. The minimum Gasteiger partial charge on any atom is -0.386 e. The number of carbonyl (C=O) groups is 2. The molecule has 1 saturated heterocycles. The second kappa shape index (κ2) is 4.93. The summed E-state index contributed by atoms with van der Waals surface area (Å²) < 4.78 is 0. The maximum atomic E-state index is 12.1. The number of nitrogens with one attached hydrogen (secondary N) is 1. The first kappa shape index (κ1) is 14.2. The Bertz CT molecular complexity index is 573. The van der Waals surface area contributed by atoms with Gasteiger partial charge in [-0.15, -0.1) is 0 Å². The molecule has 112 valence electrons. The lowest BCUT2D eigenvalue weighted by molar-refractivity contribution is -0.150. The lowest BCUT2D eigenvalue weighted by Gasteiger charge is -2.38. The minimum atomic E-state index is -1.55. The molecule has 1 aromatic carbocycles. The van der Waals surface area contributed by atoms with Crippen LogP contribution in [0.3, 0.4) is 0 Å². The van der Waals surface area contributed by atoms with Gasteiger partial charge in [0.1, 0.15) is 11.4 Å². The van der Waals surface area contributed by atoms with Gasteiger partial charge in [-0.1, -0.05) is 37.3 Å². The van der Waals surface area contributed by atoms with E-state index in [0.717, 1.165) is 0 Å². The lowest BCUT2D eigenvalue weighted by Crippen LogP contribution is -2.51. The second-order valence-electron chi connectivity index (χ2n) is 6.06. The van der Waals surface area contributed by atoms with Crippen molar-refractivity contribution in [1.82, 2.24) is 5.32 Å². The second-order valence-corrected chi connectivity index (χ2v) is 6.06. The Balaban J connectivity index is 1.96. The van der Waals surface area contributed by atoms with E-state index in [9.17, 15) is 19.8 Å². The van der Waals surface area contributed by atoms with Crippen molar-refractivity contribution in [2.24, 2.45) is 11.8 Å². The molecule has 0 spiro atoms. The molecule has 1 heterocycles. The summed E-state index contributed by atoms with van der Waals surface area (Å²) in [5.41, 5.74) is -0.884. The average molecular weight is 289 g/mol. The molecule has 1 aromatic rings. The van der Waals surface area contributed by atoms with Crippen LogP contribution in [0.5, 0.6) is 0 Å². The van der Waals surface area contributed by atoms with Crippen LogP contribution in [0.15, 0.2) is 30.3 Å². The number of benzene rings is 1. The first-order valence-corrected chi connectivity index (χ1v) is 7.24. The molecular formula is C16H19NO4. The Kier molecular flexibility index (Phi) is 3.34. The van der Waals surface area contributed by atoms with Gasteiger partial charge in [-0.3, -0.25) is 9.59 Å². The number of hydrogen-bond acceptors (Lipinski definition) is 4. The van der Waals surface area contributed by atoms with Crippen molar-refractivity contribution in [2.75, 3.05) is 0 Å². The lowest BCUT2D eigenvalue weighted by atomic mass is 9.67. The Morgan fingerprint density at radius 1 is 1.29 bits per heavy atom. The van der Waals surface area contributed by atoms with Gasteiger partial charge >= 0.3 is 0 Å². The summed E-state index contributed by atoms with van der Waals surface area (Å²) in [5, 5.41) is 23.9. The highest BCUT2D eigenvalue weighted by atomic mass is 16.3. The fraction of sp³-hybridized carbons (Fsp3) is 0.500. The monoisotopic (exact) mass is 289 g/mol. The molecule has 3 rings (SSSR count). The number of aliphatic hydroxyl groups excluding tert-OH is 1. The van der Waals surface area contributed by atoms with Crippen LogP contribution in [-0.2, 0) is 9.59 Å². The van der Waals surface area contributed by atoms with Crippen LogP contribution >= 0.6 is 0 Å². The molecule has 5 atom stereocenters. The molecule has 1 saturated carbocycles. The fourth-order valence-electron chi connectivity index (χ4n) is 3.69. The van der Waals surface area contributed by atoms with E-state index < -0.39 is 35.5 Å². The van der Waals surface area contributed by atoms with Crippen molar-refractivity contribution in [3.63, 3.8) is 0 Å². The molecule has 3 N–H and O–H groups in total.